The summed E-state index contributed by atoms with van der Waals surface area (Å²) in [6.45, 7) is 0. The Kier molecular flexibility index (Phi) is 3.43. The van der Waals surface area contributed by atoms with Gasteiger partial charge in [-0.25, -0.2) is 4.98 Å². The van der Waals surface area contributed by atoms with Crippen LogP contribution >= 0.6 is 23.2 Å². The van der Waals surface area contributed by atoms with Crippen LogP contribution < -0.4 is 4.74 Å². The van der Waals surface area contributed by atoms with Crippen LogP contribution in [0.3, 0.4) is 0 Å². The van der Waals surface area contributed by atoms with Gasteiger partial charge in [-0.15, -0.1) is 0 Å². The number of benzene rings is 1. The van der Waals surface area contributed by atoms with Gasteiger partial charge < -0.3 is 4.74 Å². The molecule has 0 aliphatic rings. The molecule has 2 rings (SSSR count). The topological polar surface area (TPSA) is 58.8 Å². The molecule has 1 aromatic heterocycles. The monoisotopic (exact) mass is 265 g/mol. The number of halogens is 2. The first kappa shape index (κ1) is 11.6. The van der Waals surface area contributed by atoms with E-state index in [4.69, 9.17) is 33.2 Å². The Bertz CT molecular complexity index is 581. The molecule has 2 aromatic rings. The van der Waals surface area contributed by atoms with E-state index < -0.39 is 0 Å². The lowest BCUT2D eigenvalue weighted by molar-refractivity contribution is 0.460. The second-order valence-corrected chi connectivity index (χ2v) is 3.69. The number of hydrogen-bond acceptors (Lipinski definition) is 4. The van der Waals surface area contributed by atoms with Gasteiger partial charge in [-0.2, -0.15) is 10.2 Å². The first-order chi connectivity index (χ1) is 8.20. The van der Waals surface area contributed by atoms with Crippen molar-refractivity contribution in [2.45, 2.75) is 0 Å². The minimum Gasteiger partial charge on any atom is -0.437 e. The SMILES string of the molecule is N#Cc1c(Cl)nc(Cl)nc1Oc1ccccc1. The Hall–Kier alpha value is -1.83. The molecule has 0 N–H and O–H groups in total. The molecule has 0 aliphatic heterocycles. The van der Waals surface area contributed by atoms with E-state index in [0.717, 1.165) is 0 Å². The molecule has 0 amide bonds. The molecule has 0 aliphatic carbocycles. The maximum Gasteiger partial charge on any atom is 0.243 e. The van der Waals surface area contributed by atoms with E-state index >= 15 is 0 Å². The van der Waals surface area contributed by atoms with Crippen LogP contribution in [0.5, 0.6) is 11.6 Å². The molecule has 1 heterocycles. The van der Waals surface area contributed by atoms with Crippen molar-refractivity contribution in [1.82, 2.24) is 9.97 Å². The van der Waals surface area contributed by atoms with Gasteiger partial charge in [-0.05, 0) is 23.7 Å². The molecule has 17 heavy (non-hydrogen) atoms. The fourth-order valence-electron chi connectivity index (χ4n) is 1.16. The van der Waals surface area contributed by atoms with Gasteiger partial charge >= 0.3 is 0 Å². The van der Waals surface area contributed by atoms with Crippen molar-refractivity contribution >= 4 is 23.2 Å². The van der Waals surface area contributed by atoms with E-state index in [1.165, 1.54) is 0 Å². The highest BCUT2D eigenvalue weighted by atomic mass is 35.5. The van der Waals surface area contributed by atoms with Crippen LogP contribution in [0, 0.1) is 11.3 Å². The summed E-state index contributed by atoms with van der Waals surface area (Å²) in [5, 5.41) is 8.83. The number of ether oxygens (including phenoxy) is 1. The van der Waals surface area contributed by atoms with E-state index in [0.29, 0.717) is 5.75 Å². The zero-order chi connectivity index (χ0) is 12.3. The van der Waals surface area contributed by atoms with Crippen LogP contribution in [0.15, 0.2) is 30.3 Å². The van der Waals surface area contributed by atoms with Crippen molar-refractivity contribution in [2.24, 2.45) is 0 Å². The third-order valence-corrected chi connectivity index (χ3v) is 2.32. The maximum absolute atomic E-state index is 8.93. The molecule has 0 fully saturated rings. The lowest BCUT2D eigenvalue weighted by Gasteiger charge is -2.06. The number of hydrogen-bond donors (Lipinski definition) is 0. The first-order valence-corrected chi connectivity index (χ1v) is 5.32. The standard InChI is InChI=1S/C11H5Cl2N3O/c12-9-8(6-14)10(16-11(13)15-9)17-7-4-2-1-3-5-7/h1-5H. The van der Waals surface area contributed by atoms with Crippen molar-refractivity contribution in [3.63, 3.8) is 0 Å². The van der Waals surface area contributed by atoms with E-state index in [1.807, 2.05) is 12.1 Å². The predicted molar refractivity (Wildman–Crippen MR) is 63.3 cm³/mol. The third kappa shape index (κ3) is 2.64. The molecule has 0 saturated heterocycles. The molecule has 84 valence electrons. The molecule has 0 unspecified atom stereocenters. The summed E-state index contributed by atoms with van der Waals surface area (Å²) in [5.74, 6) is 0.582. The minimum absolute atomic E-state index is 0.0292. The average Bonchev–Trinajstić information content (AvgIpc) is 2.30. The number of para-hydroxylation sites is 1. The highest BCUT2D eigenvalue weighted by Gasteiger charge is 2.14. The molecule has 0 bridgehead atoms. The summed E-state index contributed by atoms with van der Waals surface area (Å²) in [6, 6.07) is 10.8. The lowest BCUT2D eigenvalue weighted by Crippen LogP contribution is -1.96. The molecule has 0 saturated carbocycles. The van der Waals surface area contributed by atoms with Crippen molar-refractivity contribution in [3.05, 3.63) is 46.3 Å². The van der Waals surface area contributed by atoms with Gasteiger partial charge in [-0.3, -0.25) is 0 Å². The Morgan fingerprint density at radius 1 is 1.12 bits per heavy atom. The summed E-state index contributed by atoms with van der Waals surface area (Å²) in [7, 11) is 0. The van der Waals surface area contributed by atoms with Gasteiger partial charge in [0.25, 0.3) is 0 Å². The van der Waals surface area contributed by atoms with E-state index in [2.05, 4.69) is 9.97 Å². The maximum atomic E-state index is 8.93. The second kappa shape index (κ2) is 5.00. The lowest BCUT2D eigenvalue weighted by atomic mass is 10.3. The number of rotatable bonds is 2. The fourth-order valence-corrected chi connectivity index (χ4v) is 1.57. The fraction of sp³-hybridized carbons (Fsp3) is 0. The van der Waals surface area contributed by atoms with Crippen LogP contribution in [-0.2, 0) is 0 Å². The first-order valence-electron chi connectivity index (χ1n) is 4.56. The van der Waals surface area contributed by atoms with Crippen LogP contribution in [0.4, 0.5) is 0 Å². The molecule has 4 nitrogen and oxygen atoms in total. The molecule has 0 radical (unpaired) electrons. The Morgan fingerprint density at radius 2 is 1.82 bits per heavy atom. The van der Waals surface area contributed by atoms with Crippen LogP contribution in [0.2, 0.25) is 10.4 Å². The molecular formula is C11H5Cl2N3O. The summed E-state index contributed by atoms with van der Waals surface area (Å²) >= 11 is 11.4. The van der Waals surface area contributed by atoms with Gasteiger partial charge in [-0.1, -0.05) is 29.8 Å². The van der Waals surface area contributed by atoms with E-state index in [1.54, 1.807) is 24.3 Å². The smallest absolute Gasteiger partial charge is 0.243 e. The zero-order valence-electron chi connectivity index (χ0n) is 8.39. The van der Waals surface area contributed by atoms with Crippen LogP contribution in [0.1, 0.15) is 5.56 Å². The van der Waals surface area contributed by atoms with Crippen LogP contribution in [0.25, 0.3) is 0 Å². The molecule has 6 heteroatoms. The second-order valence-electron chi connectivity index (χ2n) is 2.99. The van der Waals surface area contributed by atoms with Crippen LogP contribution in [-0.4, -0.2) is 9.97 Å². The highest BCUT2D eigenvalue weighted by molar-refractivity contribution is 6.32. The Morgan fingerprint density at radius 3 is 2.47 bits per heavy atom. The Labute approximate surface area is 107 Å². The summed E-state index contributed by atoms with van der Waals surface area (Å²) < 4.78 is 5.42. The Balaban J connectivity index is 2.43. The summed E-state index contributed by atoms with van der Waals surface area (Å²) in [5.41, 5.74) is 0.0555. The number of nitriles is 1. The number of aromatic nitrogens is 2. The van der Waals surface area contributed by atoms with E-state index in [9.17, 15) is 0 Å². The van der Waals surface area contributed by atoms with Gasteiger partial charge in [0.15, 0.2) is 10.7 Å². The van der Waals surface area contributed by atoms with Gasteiger partial charge in [0.05, 0.1) is 0 Å². The average molecular weight is 266 g/mol. The normalized spacial score (nSPS) is 9.71. The third-order valence-electron chi connectivity index (χ3n) is 1.87. The molecule has 0 atom stereocenters. The minimum atomic E-state index is -0.0695. The summed E-state index contributed by atoms with van der Waals surface area (Å²) in [4.78, 5) is 7.49. The van der Waals surface area contributed by atoms with E-state index in [-0.39, 0.29) is 21.9 Å². The quantitative estimate of drug-likeness (QED) is 0.617. The molecule has 1 aromatic carbocycles. The molecular weight excluding hydrogens is 261 g/mol. The van der Waals surface area contributed by atoms with Gasteiger partial charge in [0.2, 0.25) is 11.2 Å². The van der Waals surface area contributed by atoms with Gasteiger partial charge in [0, 0.05) is 0 Å². The largest absolute Gasteiger partial charge is 0.437 e. The number of nitrogens with zero attached hydrogens (tertiary/aromatic N) is 3. The zero-order valence-corrected chi connectivity index (χ0v) is 9.90. The van der Waals surface area contributed by atoms with Crippen molar-refractivity contribution < 1.29 is 4.74 Å². The summed E-state index contributed by atoms with van der Waals surface area (Å²) in [6.07, 6.45) is 0. The predicted octanol–water partition coefficient (Wildman–Crippen LogP) is 3.45. The van der Waals surface area contributed by atoms with Gasteiger partial charge in [0.1, 0.15) is 11.8 Å². The van der Waals surface area contributed by atoms with Crippen molar-refractivity contribution in [1.29, 1.82) is 5.26 Å². The molecule has 0 spiro atoms. The van der Waals surface area contributed by atoms with Crippen molar-refractivity contribution in [3.8, 4) is 17.7 Å². The highest BCUT2D eigenvalue weighted by Crippen LogP contribution is 2.27. The van der Waals surface area contributed by atoms with Crippen molar-refractivity contribution in [2.75, 3.05) is 0 Å².